The Hall–Kier alpha value is 0.251. The quantitative estimate of drug-likeness (QED) is 0.703. The molecule has 0 fully saturated rings. The number of halogens is 3. The Kier molecular flexibility index (Phi) is 6.97. The van der Waals surface area contributed by atoms with E-state index < -0.39 is 19.1 Å². The molecule has 82 valence electrons. The topological polar surface area (TPSA) is 9.23 Å². The van der Waals surface area contributed by atoms with Gasteiger partial charge in [0, 0.05) is 0 Å². The average Bonchev–Trinajstić information content (AvgIpc) is 2.15. The normalized spacial score (nSPS) is 10.5. The number of ether oxygens (including phenoxy) is 1. The SMILES string of the molecule is C=C(COc1ccc(C)cc1)[B-](F)(F)F.[K+]. The monoisotopic (exact) mass is 254 g/mol. The molecule has 0 unspecified atom stereocenters. The van der Waals surface area contributed by atoms with E-state index >= 15 is 0 Å². The summed E-state index contributed by atoms with van der Waals surface area (Å²) < 4.78 is 41.2. The number of hydrogen-bond acceptors (Lipinski definition) is 1. The van der Waals surface area contributed by atoms with Crippen LogP contribution in [0.25, 0.3) is 0 Å². The molecule has 6 heteroatoms. The largest absolute Gasteiger partial charge is 1.00 e. The molecule has 0 aliphatic carbocycles. The molecule has 1 rings (SSSR count). The van der Waals surface area contributed by atoms with Crippen LogP contribution in [0.3, 0.4) is 0 Å². The maximum Gasteiger partial charge on any atom is 1.00 e. The molecule has 0 atom stereocenters. The van der Waals surface area contributed by atoms with E-state index in [1.54, 1.807) is 24.3 Å². The fourth-order valence-corrected chi connectivity index (χ4v) is 0.905. The zero-order chi connectivity index (χ0) is 11.5. The van der Waals surface area contributed by atoms with Crippen LogP contribution in [-0.2, 0) is 0 Å². The number of hydrogen-bond donors (Lipinski definition) is 0. The molecule has 0 spiro atoms. The van der Waals surface area contributed by atoms with Gasteiger partial charge in [-0.15, -0.1) is 12.1 Å². The van der Waals surface area contributed by atoms with Crippen molar-refractivity contribution in [1.82, 2.24) is 0 Å². The van der Waals surface area contributed by atoms with E-state index in [2.05, 4.69) is 6.58 Å². The minimum atomic E-state index is -5.00. The summed E-state index contributed by atoms with van der Waals surface area (Å²) >= 11 is 0. The third-order valence-corrected chi connectivity index (χ3v) is 1.91. The first-order valence-electron chi connectivity index (χ1n) is 4.46. The Morgan fingerprint density at radius 1 is 1.25 bits per heavy atom. The van der Waals surface area contributed by atoms with Gasteiger partial charge >= 0.3 is 58.4 Å². The maximum absolute atomic E-state index is 12.1. The van der Waals surface area contributed by atoms with Crippen LogP contribution >= 0.6 is 0 Å². The molecule has 0 amide bonds. The molecule has 0 aliphatic heterocycles. The summed E-state index contributed by atoms with van der Waals surface area (Å²) in [6, 6.07) is 6.81. The maximum atomic E-state index is 12.1. The van der Waals surface area contributed by atoms with Crippen molar-refractivity contribution in [1.29, 1.82) is 0 Å². The van der Waals surface area contributed by atoms with Crippen LogP contribution in [-0.4, -0.2) is 13.6 Å². The van der Waals surface area contributed by atoms with Gasteiger partial charge in [-0.05, 0) is 19.1 Å². The molecule has 16 heavy (non-hydrogen) atoms. The summed E-state index contributed by atoms with van der Waals surface area (Å²) in [6.07, 6.45) is 0. The van der Waals surface area contributed by atoms with Gasteiger partial charge in [0.2, 0.25) is 0 Å². The Labute approximate surface area is 136 Å². The van der Waals surface area contributed by atoms with Gasteiger partial charge in [0.25, 0.3) is 0 Å². The summed E-state index contributed by atoms with van der Waals surface area (Å²) in [5.74, 6) is 0.418. The third-order valence-electron chi connectivity index (χ3n) is 1.91. The summed E-state index contributed by atoms with van der Waals surface area (Å²) in [4.78, 5) is 0. The van der Waals surface area contributed by atoms with Crippen LogP contribution in [0.15, 0.2) is 36.3 Å². The number of benzene rings is 1. The molecular formula is C10H11BF3KO. The zero-order valence-electron chi connectivity index (χ0n) is 9.34. The van der Waals surface area contributed by atoms with Gasteiger partial charge in [-0.2, -0.15) is 0 Å². The molecule has 1 nitrogen and oxygen atoms in total. The van der Waals surface area contributed by atoms with Gasteiger partial charge in [-0.3, -0.25) is 0 Å². The van der Waals surface area contributed by atoms with Crippen molar-refractivity contribution in [2.24, 2.45) is 0 Å². The molecule has 1 aromatic rings. The molecule has 0 bridgehead atoms. The second kappa shape index (κ2) is 6.86. The molecular weight excluding hydrogens is 243 g/mol. The van der Waals surface area contributed by atoms with Crippen LogP contribution in [0.5, 0.6) is 5.75 Å². The Morgan fingerprint density at radius 2 is 1.75 bits per heavy atom. The van der Waals surface area contributed by atoms with Gasteiger partial charge in [-0.25, -0.2) is 0 Å². The molecule has 0 N–H and O–H groups in total. The van der Waals surface area contributed by atoms with Crippen molar-refractivity contribution < 1.29 is 69.1 Å². The first-order valence-corrected chi connectivity index (χ1v) is 4.46. The van der Waals surface area contributed by atoms with Gasteiger partial charge in [0.1, 0.15) is 5.75 Å². The fourth-order valence-electron chi connectivity index (χ4n) is 0.905. The van der Waals surface area contributed by atoms with E-state index in [1.165, 1.54) is 0 Å². The summed E-state index contributed by atoms with van der Waals surface area (Å²) in [5, 5.41) is 0. The van der Waals surface area contributed by atoms with Gasteiger partial charge in [0.15, 0.2) is 0 Å². The molecule has 0 radical (unpaired) electrons. The molecule has 0 heterocycles. The van der Waals surface area contributed by atoms with E-state index in [1.807, 2.05) is 6.92 Å². The predicted octanol–water partition coefficient (Wildman–Crippen LogP) is 0.321. The van der Waals surface area contributed by atoms with Crippen LogP contribution in [0, 0.1) is 6.92 Å². The minimum absolute atomic E-state index is 0. The number of rotatable bonds is 4. The van der Waals surface area contributed by atoms with Gasteiger partial charge < -0.3 is 17.7 Å². The van der Waals surface area contributed by atoms with Crippen molar-refractivity contribution in [2.75, 3.05) is 6.61 Å². The minimum Gasteiger partial charge on any atom is -0.492 e. The number of aryl methyl sites for hydroxylation is 1. The summed E-state index contributed by atoms with van der Waals surface area (Å²) in [7, 11) is 0. The summed E-state index contributed by atoms with van der Waals surface area (Å²) in [6.45, 7) is -0.677. The van der Waals surface area contributed by atoms with E-state index in [-0.39, 0.29) is 51.4 Å². The zero-order valence-corrected chi connectivity index (χ0v) is 12.5. The molecule has 0 saturated heterocycles. The van der Waals surface area contributed by atoms with Crippen LogP contribution in [0.4, 0.5) is 12.9 Å². The molecule has 0 aliphatic rings. The van der Waals surface area contributed by atoms with Gasteiger partial charge in [0.05, 0.1) is 6.61 Å². The molecule has 1 aromatic carbocycles. The molecule has 0 saturated carbocycles. The van der Waals surface area contributed by atoms with Crippen LogP contribution < -0.4 is 56.1 Å². The first-order chi connectivity index (χ1) is 6.89. The standard InChI is InChI=1S/C10H11BF3O.K/c1-8-3-5-10(6-4-8)15-7-9(2)11(12,13)14;/h3-6H,2,7H2,1H3;/q-1;+1. The van der Waals surface area contributed by atoms with E-state index in [4.69, 9.17) is 4.74 Å². The smallest absolute Gasteiger partial charge is 0.492 e. The van der Waals surface area contributed by atoms with Crippen LogP contribution in [0.1, 0.15) is 5.56 Å². The van der Waals surface area contributed by atoms with Crippen molar-refractivity contribution in [3.63, 3.8) is 0 Å². The van der Waals surface area contributed by atoms with Crippen molar-refractivity contribution in [2.45, 2.75) is 6.92 Å². The van der Waals surface area contributed by atoms with Crippen molar-refractivity contribution in [3.8, 4) is 5.75 Å². The average molecular weight is 254 g/mol. The first kappa shape index (κ1) is 16.3. The fraction of sp³-hybridized carbons (Fsp3) is 0.200. The van der Waals surface area contributed by atoms with Crippen LogP contribution in [0.2, 0.25) is 0 Å². The van der Waals surface area contributed by atoms with Crippen molar-refractivity contribution >= 4 is 6.98 Å². The van der Waals surface area contributed by atoms with E-state index in [0.717, 1.165) is 5.56 Å². The second-order valence-electron chi connectivity index (χ2n) is 3.33. The Morgan fingerprint density at radius 3 is 2.19 bits per heavy atom. The molecule has 0 aromatic heterocycles. The second-order valence-corrected chi connectivity index (χ2v) is 3.33. The van der Waals surface area contributed by atoms with Gasteiger partial charge in [-0.1, -0.05) is 17.7 Å². The predicted molar refractivity (Wildman–Crippen MR) is 54.9 cm³/mol. The van der Waals surface area contributed by atoms with E-state index in [9.17, 15) is 12.9 Å². The van der Waals surface area contributed by atoms with Crippen molar-refractivity contribution in [3.05, 3.63) is 41.9 Å². The summed E-state index contributed by atoms with van der Waals surface area (Å²) in [5.41, 5.74) is 0.205. The third kappa shape index (κ3) is 5.54. The Bertz CT molecular complexity index is 348. The van der Waals surface area contributed by atoms with E-state index in [0.29, 0.717) is 5.75 Å². The Balaban J connectivity index is 0.00000225.